The number of carbonyl (C=O) groups is 1. The first-order valence-electron chi connectivity index (χ1n) is 9.84. The number of phenols is 1. The Morgan fingerprint density at radius 3 is 2.43 bits per heavy atom. The Kier molecular flexibility index (Phi) is 6.25. The van der Waals surface area contributed by atoms with E-state index in [1.807, 2.05) is 62.1 Å². The molecule has 150 valence electrons. The number of piperazine rings is 1. The van der Waals surface area contributed by atoms with Crippen LogP contribution in [-0.4, -0.2) is 52.3 Å². The Morgan fingerprint density at radius 1 is 1.07 bits per heavy atom. The number of carbonyl (C=O) groups excluding carboxylic acids is 1. The van der Waals surface area contributed by atoms with Crippen molar-refractivity contribution in [1.82, 2.24) is 9.80 Å². The summed E-state index contributed by atoms with van der Waals surface area (Å²) in [4.78, 5) is 17.0. The van der Waals surface area contributed by atoms with E-state index < -0.39 is 5.60 Å². The topological polar surface area (TPSA) is 53.0 Å². The van der Waals surface area contributed by atoms with Crippen LogP contribution in [-0.2, 0) is 17.7 Å². The van der Waals surface area contributed by atoms with Gasteiger partial charge in [0, 0.05) is 26.2 Å². The first-order valence-corrected chi connectivity index (χ1v) is 9.84. The van der Waals surface area contributed by atoms with Gasteiger partial charge in [-0.05, 0) is 44.4 Å². The van der Waals surface area contributed by atoms with Crippen molar-refractivity contribution in [2.45, 2.75) is 45.4 Å². The van der Waals surface area contributed by atoms with Crippen LogP contribution in [0.4, 0.5) is 4.79 Å². The third-order valence-corrected chi connectivity index (χ3v) is 4.89. The van der Waals surface area contributed by atoms with E-state index in [9.17, 15) is 9.90 Å². The molecule has 0 aliphatic carbocycles. The highest BCUT2D eigenvalue weighted by atomic mass is 16.6. The van der Waals surface area contributed by atoms with Gasteiger partial charge in [-0.25, -0.2) is 4.79 Å². The predicted octanol–water partition coefficient (Wildman–Crippen LogP) is 4.06. The lowest BCUT2D eigenvalue weighted by Crippen LogP contribution is -2.56. The number of rotatable bonds is 4. The zero-order valence-electron chi connectivity index (χ0n) is 17.0. The molecule has 1 fully saturated rings. The SMILES string of the molecule is CC(C)(C)OC(=O)N1CCN(Cc2ccccc2)C[C@H]1Cc1ccccc1O. The number of hydrogen-bond acceptors (Lipinski definition) is 4. The number of para-hydroxylation sites is 1. The largest absolute Gasteiger partial charge is 0.508 e. The molecular formula is C23H30N2O3. The minimum Gasteiger partial charge on any atom is -0.508 e. The normalized spacial score (nSPS) is 18.1. The van der Waals surface area contributed by atoms with Gasteiger partial charge in [-0.15, -0.1) is 0 Å². The summed E-state index contributed by atoms with van der Waals surface area (Å²) in [6.45, 7) is 8.64. The second kappa shape index (κ2) is 8.65. The quantitative estimate of drug-likeness (QED) is 0.867. The van der Waals surface area contributed by atoms with Crippen LogP contribution in [0.2, 0.25) is 0 Å². The standard InChI is InChI=1S/C23H30N2O3/c1-23(2,3)28-22(27)25-14-13-24(16-18-9-5-4-6-10-18)17-20(25)15-19-11-7-8-12-21(19)26/h4-12,20,26H,13-17H2,1-3H3/t20-/m1/s1. The Hall–Kier alpha value is -2.53. The summed E-state index contributed by atoms with van der Waals surface area (Å²) < 4.78 is 5.63. The predicted molar refractivity (Wildman–Crippen MR) is 110 cm³/mol. The number of phenolic OH excluding ortho intramolecular Hbond substituents is 1. The number of aromatic hydroxyl groups is 1. The lowest BCUT2D eigenvalue weighted by Gasteiger charge is -2.42. The smallest absolute Gasteiger partial charge is 0.410 e. The van der Waals surface area contributed by atoms with Gasteiger partial charge in [0.2, 0.25) is 0 Å². The molecule has 2 aromatic rings. The van der Waals surface area contributed by atoms with Gasteiger partial charge in [0.25, 0.3) is 0 Å². The van der Waals surface area contributed by atoms with Gasteiger partial charge in [0.1, 0.15) is 11.4 Å². The maximum absolute atomic E-state index is 12.8. The van der Waals surface area contributed by atoms with Crippen molar-refractivity contribution in [2.24, 2.45) is 0 Å². The van der Waals surface area contributed by atoms with E-state index in [-0.39, 0.29) is 17.9 Å². The summed E-state index contributed by atoms with van der Waals surface area (Å²) in [5, 5.41) is 10.2. The molecular weight excluding hydrogens is 352 g/mol. The summed E-state index contributed by atoms with van der Waals surface area (Å²) in [7, 11) is 0. The third kappa shape index (κ3) is 5.49. The lowest BCUT2D eigenvalue weighted by molar-refractivity contribution is -0.00241. The van der Waals surface area contributed by atoms with E-state index >= 15 is 0 Å². The van der Waals surface area contributed by atoms with E-state index in [0.717, 1.165) is 25.2 Å². The molecule has 5 heteroatoms. The summed E-state index contributed by atoms with van der Waals surface area (Å²) >= 11 is 0. The first kappa shape index (κ1) is 20.2. The minimum atomic E-state index is -0.530. The Balaban J connectivity index is 1.76. The van der Waals surface area contributed by atoms with Gasteiger partial charge in [-0.2, -0.15) is 0 Å². The van der Waals surface area contributed by atoms with Gasteiger partial charge in [-0.1, -0.05) is 48.5 Å². The molecule has 0 spiro atoms. The maximum Gasteiger partial charge on any atom is 0.410 e. The average molecular weight is 383 g/mol. The molecule has 1 atom stereocenters. The van der Waals surface area contributed by atoms with Gasteiger partial charge < -0.3 is 14.7 Å². The van der Waals surface area contributed by atoms with Crippen molar-refractivity contribution in [2.75, 3.05) is 19.6 Å². The third-order valence-electron chi connectivity index (χ3n) is 4.89. The van der Waals surface area contributed by atoms with Crippen molar-refractivity contribution in [3.63, 3.8) is 0 Å². The second-order valence-corrected chi connectivity index (χ2v) is 8.38. The van der Waals surface area contributed by atoms with Crippen LogP contribution in [0.15, 0.2) is 54.6 Å². The van der Waals surface area contributed by atoms with E-state index in [0.29, 0.717) is 13.0 Å². The molecule has 5 nitrogen and oxygen atoms in total. The van der Waals surface area contributed by atoms with Gasteiger partial charge in [0.05, 0.1) is 6.04 Å². The highest BCUT2D eigenvalue weighted by Gasteiger charge is 2.33. The molecule has 0 bridgehead atoms. The van der Waals surface area contributed by atoms with Crippen LogP contribution >= 0.6 is 0 Å². The molecule has 1 aliphatic rings. The summed E-state index contributed by atoms with van der Waals surface area (Å²) in [5.41, 5.74) is 1.58. The van der Waals surface area contributed by atoms with Crippen LogP contribution in [0.3, 0.4) is 0 Å². The van der Waals surface area contributed by atoms with Crippen LogP contribution in [0.5, 0.6) is 5.75 Å². The zero-order chi connectivity index (χ0) is 20.1. The number of nitrogens with zero attached hydrogens (tertiary/aromatic N) is 2. The van der Waals surface area contributed by atoms with Crippen LogP contribution in [0, 0.1) is 0 Å². The Labute approximate surface area is 167 Å². The molecule has 0 aromatic heterocycles. The van der Waals surface area contributed by atoms with E-state index in [1.54, 1.807) is 6.07 Å². The molecule has 1 amide bonds. The van der Waals surface area contributed by atoms with E-state index in [1.165, 1.54) is 5.56 Å². The minimum absolute atomic E-state index is 0.0550. The van der Waals surface area contributed by atoms with E-state index in [2.05, 4.69) is 17.0 Å². The van der Waals surface area contributed by atoms with Gasteiger partial charge >= 0.3 is 6.09 Å². The van der Waals surface area contributed by atoms with Crippen LogP contribution < -0.4 is 0 Å². The number of amides is 1. The molecule has 1 aliphatic heterocycles. The monoisotopic (exact) mass is 382 g/mol. The zero-order valence-corrected chi connectivity index (χ0v) is 17.0. The van der Waals surface area contributed by atoms with E-state index in [4.69, 9.17) is 4.74 Å². The molecule has 3 rings (SSSR count). The molecule has 2 aromatic carbocycles. The number of ether oxygens (including phenoxy) is 1. The molecule has 28 heavy (non-hydrogen) atoms. The van der Waals surface area contributed by atoms with Crippen molar-refractivity contribution in [1.29, 1.82) is 0 Å². The first-order chi connectivity index (χ1) is 13.3. The highest BCUT2D eigenvalue weighted by Crippen LogP contribution is 2.24. The maximum atomic E-state index is 12.8. The van der Waals surface area contributed by atoms with Crippen LogP contribution in [0.25, 0.3) is 0 Å². The number of hydrogen-bond donors (Lipinski definition) is 1. The fourth-order valence-corrected chi connectivity index (χ4v) is 3.58. The Bertz CT molecular complexity index is 786. The molecule has 0 unspecified atom stereocenters. The second-order valence-electron chi connectivity index (χ2n) is 8.38. The molecule has 1 saturated heterocycles. The summed E-state index contributed by atoms with van der Waals surface area (Å²) in [5.74, 6) is 0.270. The van der Waals surface area contributed by atoms with Gasteiger partial charge in [-0.3, -0.25) is 4.90 Å². The fourth-order valence-electron chi connectivity index (χ4n) is 3.58. The summed E-state index contributed by atoms with van der Waals surface area (Å²) in [6.07, 6.45) is 0.310. The molecule has 0 saturated carbocycles. The Morgan fingerprint density at radius 2 is 1.75 bits per heavy atom. The van der Waals surface area contributed by atoms with Gasteiger partial charge in [0.15, 0.2) is 0 Å². The highest BCUT2D eigenvalue weighted by molar-refractivity contribution is 5.69. The van der Waals surface area contributed by atoms with Crippen molar-refractivity contribution in [3.8, 4) is 5.75 Å². The van der Waals surface area contributed by atoms with Crippen molar-refractivity contribution < 1.29 is 14.6 Å². The fraction of sp³-hybridized carbons (Fsp3) is 0.435. The number of benzene rings is 2. The molecule has 1 N–H and O–H groups in total. The lowest BCUT2D eigenvalue weighted by atomic mass is 10.0. The van der Waals surface area contributed by atoms with Crippen LogP contribution in [0.1, 0.15) is 31.9 Å². The van der Waals surface area contributed by atoms with Crippen molar-refractivity contribution in [3.05, 3.63) is 65.7 Å². The molecule has 1 heterocycles. The summed E-state index contributed by atoms with van der Waals surface area (Å²) in [6, 6.07) is 17.6. The van der Waals surface area contributed by atoms with Crippen molar-refractivity contribution >= 4 is 6.09 Å². The molecule has 0 radical (unpaired) electrons. The average Bonchev–Trinajstić information content (AvgIpc) is 2.63.